The van der Waals surface area contributed by atoms with Crippen molar-refractivity contribution in [3.63, 3.8) is 0 Å². The molecule has 28 heavy (non-hydrogen) atoms. The molecule has 1 aromatic heterocycles. The predicted molar refractivity (Wildman–Crippen MR) is 105 cm³/mol. The van der Waals surface area contributed by atoms with Crippen LogP contribution in [0.2, 0.25) is 0 Å². The Kier molecular flexibility index (Phi) is 5.00. The molecule has 1 aliphatic heterocycles. The van der Waals surface area contributed by atoms with Gasteiger partial charge in [-0.1, -0.05) is 29.4 Å². The molecule has 0 spiro atoms. The summed E-state index contributed by atoms with van der Waals surface area (Å²) in [7, 11) is 0. The summed E-state index contributed by atoms with van der Waals surface area (Å²) in [4.78, 5) is 8.92. The van der Waals surface area contributed by atoms with Gasteiger partial charge in [-0.2, -0.15) is 4.98 Å². The fraction of sp³-hybridized carbons (Fsp3) is 0.333. The number of para-hydroxylation sites is 2. The summed E-state index contributed by atoms with van der Waals surface area (Å²) >= 11 is 0. The van der Waals surface area contributed by atoms with Crippen molar-refractivity contribution in [1.82, 2.24) is 15.0 Å². The highest BCUT2D eigenvalue weighted by Crippen LogP contribution is 2.29. The number of aromatic nitrogens is 2. The average molecular weight is 382 g/mol. The number of phenolic OH excluding ortho intramolecular Hbond substituents is 1. The average Bonchev–Trinajstić information content (AvgIpc) is 3.20. The molecule has 6 nitrogen and oxygen atoms in total. The Morgan fingerprint density at radius 1 is 1.11 bits per heavy atom. The second-order valence-corrected chi connectivity index (χ2v) is 7.11. The number of anilines is 1. The standard InChI is InChI=1S/C21H23FN4O2/c1-14-7-8-16(13-17(14)22)20-23-21(28-24-20)15(2)25-9-11-26(12-10-25)18-5-3-4-6-19(18)27/h3-8,13,15,27H,9-12H2,1-2H3. The summed E-state index contributed by atoms with van der Waals surface area (Å²) in [6.45, 7) is 6.97. The normalized spacial score (nSPS) is 16.3. The fourth-order valence-electron chi connectivity index (χ4n) is 3.49. The van der Waals surface area contributed by atoms with E-state index in [1.165, 1.54) is 6.07 Å². The third kappa shape index (κ3) is 3.57. The van der Waals surface area contributed by atoms with Crippen molar-refractivity contribution in [2.75, 3.05) is 31.1 Å². The zero-order chi connectivity index (χ0) is 19.7. The van der Waals surface area contributed by atoms with Crippen molar-refractivity contribution in [2.45, 2.75) is 19.9 Å². The molecule has 0 radical (unpaired) electrons. The van der Waals surface area contributed by atoms with Crippen molar-refractivity contribution < 1.29 is 14.0 Å². The van der Waals surface area contributed by atoms with Crippen molar-refractivity contribution in [2.24, 2.45) is 0 Å². The quantitative estimate of drug-likeness (QED) is 0.741. The van der Waals surface area contributed by atoms with Gasteiger partial charge in [0, 0.05) is 31.7 Å². The molecule has 2 heterocycles. The second kappa shape index (κ2) is 7.59. The minimum atomic E-state index is -0.280. The molecular formula is C21H23FN4O2. The summed E-state index contributed by atoms with van der Waals surface area (Å²) in [5, 5.41) is 14.1. The molecule has 0 amide bonds. The maximum atomic E-state index is 13.8. The van der Waals surface area contributed by atoms with E-state index in [1.54, 1.807) is 25.1 Å². The van der Waals surface area contributed by atoms with E-state index in [1.807, 2.05) is 25.1 Å². The number of halogens is 1. The first-order valence-electron chi connectivity index (χ1n) is 9.40. The number of aromatic hydroxyl groups is 1. The van der Waals surface area contributed by atoms with Gasteiger partial charge >= 0.3 is 0 Å². The number of benzene rings is 2. The van der Waals surface area contributed by atoms with Crippen LogP contribution in [0.25, 0.3) is 11.4 Å². The summed E-state index contributed by atoms with van der Waals surface area (Å²) in [6, 6.07) is 12.3. The van der Waals surface area contributed by atoms with E-state index in [9.17, 15) is 9.50 Å². The molecule has 1 aliphatic rings. The molecule has 1 fully saturated rings. The molecule has 3 aromatic rings. The predicted octanol–water partition coefficient (Wildman–Crippen LogP) is 3.77. The topological polar surface area (TPSA) is 65.6 Å². The van der Waals surface area contributed by atoms with Crippen molar-refractivity contribution in [1.29, 1.82) is 0 Å². The highest BCUT2D eigenvalue weighted by molar-refractivity contribution is 5.58. The van der Waals surface area contributed by atoms with Gasteiger partial charge in [-0.05, 0) is 37.6 Å². The van der Waals surface area contributed by atoms with Gasteiger partial charge in [-0.3, -0.25) is 4.90 Å². The summed E-state index contributed by atoms with van der Waals surface area (Å²) in [5.41, 5.74) is 2.05. The van der Waals surface area contributed by atoms with Gasteiger partial charge < -0.3 is 14.5 Å². The zero-order valence-corrected chi connectivity index (χ0v) is 16.0. The highest BCUT2D eigenvalue weighted by atomic mass is 19.1. The lowest BCUT2D eigenvalue weighted by Gasteiger charge is -2.38. The molecule has 4 rings (SSSR count). The van der Waals surface area contributed by atoms with E-state index in [4.69, 9.17) is 4.52 Å². The lowest BCUT2D eigenvalue weighted by molar-refractivity contribution is 0.164. The number of nitrogens with zero attached hydrogens (tertiary/aromatic N) is 4. The van der Waals surface area contributed by atoms with E-state index in [2.05, 4.69) is 19.9 Å². The largest absolute Gasteiger partial charge is 0.506 e. The maximum Gasteiger partial charge on any atom is 0.244 e. The van der Waals surface area contributed by atoms with Gasteiger partial charge in [0.1, 0.15) is 11.6 Å². The van der Waals surface area contributed by atoms with Crippen molar-refractivity contribution in [3.05, 3.63) is 59.7 Å². The van der Waals surface area contributed by atoms with Crippen LogP contribution >= 0.6 is 0 Å². The van der Waals surface area contributed by atoms with Crippen LogP contribution in [0.3, 0.4) is 0 Å². The first kappa shape index (κ1) is 18.4. The number of piperazine rings is 1. The smallest absolute Gasteiger partial charge is 0.244 e. The molecule has 1 N–H and O–H groups in total. The van der Waals surface area contributed by atoms with Gasteiger partial charge in [0.2, 0.25) is 11.7 Å². The summed E-state index contributed by atoms with van der Waals surface area (Å²) < 4.78 is 19.3. The molecule has 0 aliphatic carbocycles. The third-order valence-electron chi connectivity index (χ3n) is 5.31. The Morgan fingerprint density at radius 2 is 1.86 bits per heavy atom. The minimum absolute atomic E-state index is 0.0388. The molecular weight excluding hydrogens is 359 g/mol. The molecule has 1 saturated heterocycles. The maximum absolute atomic E-state index is 13.8. The number of phenols is 1. The van der Waals surface area contributed by atoms with Crippen LogP contribution in [0.4, 0.5) is 10.1 Å². The molecule has 0 bridgehead atoms. The van der Waals surface area contributed by atoms with Crippen LogP contribution in [0, 0.1) is 12.7 Å². The number of rotatable bonds is 4. The van der Waals surface area contributed by atoms with Crippen molar-refractivity contribution >= 4 is 5.69 Å². The van der Waals surface area contributed by atoms with E-state index in [-0.39, 0.29) is 11.9 Å². The van der Waals surface area contributed by atoms with Crippen LogP contribution in [0.15, 0.2) is 47.0 Å². The Bertz CT molecular complexity index is 967. The minimum Gasteiger partial charge on any atom is -0.506 e. The Morgan fingerprint density at radius 3 is 2.57 bits per heavy atom. The van der Waals surface area contributed by atoms with Crippen molar-refractivity contribution in [3.8, 4) is 17.1 Å². The molecule has 0 saturated carbocycles. The lowest BCUT2D eigenvalue weighted by Crippen LogP contribution is -2.47. The molecule has 1 atom stereocenters. The third-order valence-corrected chi connectivity index (χ3v) is 5.31. The molecule has 1 unspecified atom stereocenters. The van der Waals surface area contributed by atoms with Crippen LogP contribution in [-0.4, -0.2) is 46.3 Å². The summed E-state index contributed by atoms with van der Waals surface area (Å²) in [5.74, 6) is 0.939. The van der Waals surface area contributed by atoms with Gasteiger partial charge in [-0.15, -0.1) is 0 Å². The zero-order valence-electron chi connectivity index (χ0n) is 16.0. The van der Waals surface area contributed by atoms with E-state index in [0.717, 1.165) is 31.9 Å². The van der Waals surface area contributed by atoms with Gasteiger partial charge in [0.25, 0.3) is 0 Å². The van der Waals surface area contributed by atoms with E-state index < -0.39 is 0 Å². The van der Waals surface area contributed by atoms with E-state index >= 15 is 0 Å². The molecule has 146 valence electrons. The highest BCUT2D eigenvalue weighted by Gasteiger charge is 2.27. The lowest BCUT2D eigenvalue weighted by atomic mass is 10.1. The monoisotopic (exact) mass is 382 g/mol. The van der Waals surface area contributed by atoms with Crippen LogP contribution in [0.5, 0.6) is 5.75 Å². The van der Waals surface area contributed by atoms with Crippen LogP contribution < -0.4 is 4.90 Å². The SMILES string of the molecule is Cc1ccc(-c2noc(C(C)N3CCN(c4ccccc4O)CC3)n2)cc1F. The first-order chi connectivity index (χ1) is 13.5. The van der Waals surface area contributed by atoms with E-state index in [0.29, 0.717) is 28.6 Å². The first-order valence-corrected chi connectivity index (χ1v) is 9.40. The number of hydrogen-bond donors (Lipinski definition) is 1. The fourth-order valence-corrected chi connectivity index (χ4v) is 3.49. The molecule has 7 heteroatoms. The Labute approximate surface area is 163 Å². The Hall–Kier alpha value is -2.93. The van der Waals surface area contributed by atoms with Gasteiger partial charge in [0.15, 0.2) is 0 Å². The van der Waals surface area contributed by atoms with Gasteiger partial charge in [-0.25, -0.2) is 4.39 Å². The van der Waals surface area contributed by atoms with Gasteiger partial charge in [0.05, 0.1) is 11.7 Å². The molecule has 2 aromatic carbocycles. The van der Waals surface area contributed by atoms with Crippen LogP contribution in [0.1, 0.15) is 24.4 Å². The van der Waals surface area contributed by atoms with Crippen LogP contribution in [-0.2, 0) is 0 Å². The summed E-state index contributed by atoms with van der Waals surface area (Å²) in [6.07, 6.45) is 0. The number of hydrogen-bond acceptors (Lipinski definition) is 6. The Balaban J connectivity index is 1.43. The second-order valence-electron chi connectivity index (χ2n) is 7.11. The number of aryl methyl sites for hydroxylation is 1.